The molecule has 26 heavy (non-hydrogen) atoms. The van der Waals surface area contributed by atoms with Gasteiger partial charge in [-0.3, -0.25) is 14.4 Å². The Bertz CT molecular complexity index is 935. The van der Waals surface area contributed by atoms with Crippen LogP contribution in [-0.2, 0) is 9.59 Å². The minimum Gasteiger partial charge on any atom is -0.358 e. The van der Waals surface area contributed by atoms with E-state index in [4.69, 9.17) is 0 Å². The van der Waals surface area contributed by atoms with E-state index in [2.05, 4.69) is 4.98 Å². The van der Waals surface area contributed by atoms with Gasteiger partial charge in [-0.1, -0.05) is 18.2 Å². The van der Waals surface area contributed by atoms with Crippen LogP contribution >= 0.6 is 0 Å². The average Bonchev–Trinajstić information content (AvgIpc) is 3.14. The van der Waals surface area contributed by atoms with Gasteiger partial charge in [-0.05, 0) is 26.8 Å². The summed E-state index contributed by atoms with van der Waals surface area (Å²) in [5.41, 5.74) is 1.81. The molecule has 1 aromatic heterocycles. The molecule has 1 aromatic carbocycles. The molecule has 2 aromatic rings. The van der Waals surface area contributed by atoms with Gasteiger partial charge in [0.2, 0.25) is 5.91 Å². The summed E-state index contributed by atoms with van der Waals surface area (Å²) < 4.78 is 0. The van der Waals surface area contributed by atoms with Gasteiger partial charge in [-0.25, -0.2) is 0 Å². The van der Waals surface area contributed by atoms with E-state index in [1.165, 1.54) is 0 Å². The van der Waals surface area contributed by atoms with Gasteiger partial charge in [0.1, 0.15) is 0 Å². The Kier molecular flexibility index (Phi) is 4.64. The monoisotopic (exact) mass is 351 g/mol. The standard InChI is InChI=1S/C20H21N3O3/c1-11(2)23-10-13(8-17(23)24)19(25)15(9-21)20(26)18-12(3)22-16-7-5-4-6-14(16)18/h4-7,11,13,15,22H,8,10H2,1-3H3/t13-,15+/m1/s1. The number of Topliss-reactive ketones (excluding diaryl/α,β-unsaturated/α-hetero) is 2. The highest BCUT2D eigenvalue weighted by atomic mass is 16.2. The van der Waals surface area contributed by atoms with Crippen LogP contribution in [0.4, 0.5) is 0 Å². The number of aromatic nitrogens is 1. The number of fused-ring (bicyclic) bond motifs is 1. The van der Waals surface area contributed by atoms with Crippen molar-refractivity contribution >= 4 is 28.4 Å². The number of nitrogens with one attached hydrogen (secondary N) is 1. The second-order valence-corrected chi connectivity index (χ2v) is 7.04. The quantitative estimate of drug-likeness (QED) is 0.662. The highest BCUT2D eigenvalue weighted by molar-refractivity contribution is 6.19. The summed E-state index contributed by atoms with van der Waals surface area (Å²) in [6, 6.07) is 9.17. The minimum atomic E-state index is -1.39. The predicted octanol–water partition coefficient (Wildman–Crippen LogP) is 2.62. The van der Waals surface area contributed by atoms with Crippen LogP contribution in [0.3, 0.4) is 0 Å². The lowest BCUT2D eigenvalue weighted by atomic mass is 9.86. The second kappa shape index (κ2) is 6.75. The van der Waals surface area contributed by atoms with Gasteiger partial charge in [0.15, 0.2) is 17.5 Å². The number of amides is 1. The molecular weight excluding hydrogens is 330 g/mol. The molecule has 6 nitrogen and oxygen atoms in total. The highest BCUT2D eigenvalue weighted by Crippen LogP contribution is 2.28. The Morgan fingerprint density at radius 1 is 1.31 bits per heavy atom. The van der Waals surface area contributed by atoms with Gasteiger partial charge in [-0.2, -0.15) is 5.26 Å². The number of H-pyrrole nitrogens is 1. The number of nitrogens with zero attached hydrogens (tertiary/aromatic N) is 2. The number of aromatic amines is 1. The van der Waals surface area contributed by atoms with E-state index >= 15 is 0 Å². The van der Waals surface area contributed by atoms with Crippen LogP contribution in [0.5, 0.6) is 0 Å². The van der Waals surface area contributed by atoms with Crippen molar-refractivity contribution in [3.8, 4) is 6.07 Å². The lowest BCUT2D eigenvalue weighted by Gasteiger charge is -2.21. The molecule has 2 heterocycles. The van der Waals surface area contributed by atoms with E-state index in [1.54, 1.807) is 17.9 Å². The third-order valence-electron chi connectivity index (χ3n) is 5.00. The molecule has 1 saturated heterocycles. The molecule has 0 bridgehead atoms. The predicted molar refractivity (Wildman–Crippen MR) is 96.4 cm³/mol. The van der Waals surface area contributed by atoms with Crippen molar-refractivity contribution in [2.75, 3.05) is 6.54 Å². The van der Waals surface area contributed by atoms with Gasteiger partial charge in [0.25, 0.3) is 0 Å². The fourth-order valence-electron chi connectivity index (χ4n) is 3.65. The molecule has 6 heteroatoms. The lowest BCUT2D eigenvalue weighted by Crippen LogP contribution is -2.34. The first-order chi connectivity index (χ1) is 12.3. The van der Waals surface area contributed by atoms with E-state index in [1.807, 2.05) is 38.1 Å². The summed E-state index contributed by atoms with van der Waals surface area (Å²) in [5.74, 6) is -3.06. The number of ketones is 2. The maximum Gasteiger partial charge on any atom is 0.223 e. The van der Waals surface area contributed by atoms with Crippen LogP contribution in [0.2, 0.25) is 0 Å². The zero-order chi connectivity index (χ0) is 19.0. The molecule has 0 saturated carbocycles. The third-order valence-corrected chi connectivity index (χ3v) is 5.00. The number of hydrogen-bond donors (Lipinski definition) is 1. The number of carbonyl (C=O) groups excluding carboxylic acids is 3. The Hall–Kier alpha value is -2.94. The molecule has 1 aliphatic rings. The van der Waals surface area contributed by atoms with Gasteiger partial charge >= 0.3 is 0 Å². The lowest BCUT2D eigenvalue weighted by molar-refractivity contribution is -0.129. The maximum absolute atomic E-state index is 13.0. The van der Waals surface area contributed by atoms with Gasteiger partial charge in [0.05, 0.1) is 6.07 Å². The number of nitriles is 1. The van der Waals surface area contributed by atoms with Crippen LogP contribution in [0.1, 0.15) is 36.3 Å². The average molecular weight is 351 g/mol. The molecule has 3 rings (SSSR count). The molecular formula is C20H21N3O3. The summed E-state index contributed by atoms with van der Waals surface area (Å²) in [4.78, 5) is 42.7. The van der Waals surface area contributed by atoms with E-state index in [-0.39, 0.29) is 24.9 Å². The number of hydrogen-bond acceptors (Lipinski definition) is 4. The highest BCUT2D eigenvalue weighted by Gasteiger charge is 2.41. The molecule has 1 fully saturated rings. The van der Waals surface area contributed by atoms with E-state index in [0.717, 1.165) is 5.52 Å². The largest absolute Gasteiger partial charge is 0.358 e. The molecule has 1 N–H and O–H groups in total. The van der Waals surface area contributed by atoms with Crippen LogP contribution in [0.15, 0.2) is 24.3 Å². The molecule has 134 valence electrons. The summed E-state index contributed by atoms with van der Waals surface area (Å²) >= 11 is 0. The zero-order valence-electron chi connectivity index (χ0n) is 15.1. The van der Waals surface area contributed by atoms with Crippen LogP contribution in [0, 0.1) is 30.1 Å². The number of likely N-dealkylation sites (tertiary alicyclic amines) is 1. The number of aryl methyl sites for hydroxylation is 1. The third kappa shape index (κ3) is 2.90. The second-order valence-electron chi connectivity index (χ2n) is 7.04. The summed E-state index contributed by atoms with van der Waals surface area (Å²) in [7, 11) is 0. The Morgan fingerprint density at radius 2 is 2.00 bits per heavy atom. The molecule has 2 atom stereocenters. The number of para-hydroxylation sites is 1. The zero-order valence-corrected chi connectivity index (χ0v) is 15.1. The topological polar surface area (TPSA) is 94.0 Å². The summed E-state index contributed by atoms with van der Waals surface area (Å²) in [6.45, 7) is 5.79. The molecule has 0 spiro atoms. The SMILES string of the molecule is Cc1[nH]c2ccccc2c1C(=O)[C@@H](C#N)C(=O)[C@@H]1CC(=O)N(C(C)C)C1. The van der Waals surface area contributed by atoms with Crippen LogP contribution in [0.25, 0.3) is 10.9 Å². The summed E-state index contributed by atoms with van der Waals surface area (Å²) in [5, 5.41) is 10.2. The first-order valence-corrected chi connectivity index (χ1v) is 8.69. The van der Waals surface area contributed by atoms with Crippen molar-refractivity contribution in [2.24, 2.45) is 11.8 Å². The molecule has 1 amide bonds. The van der Waals surface area contributed by atoms with Crippen molar-refractivity contribution in [2.45, 2.75) is 33.2 Å². The fourth-order valence-corrected chi connectivity index (χ4v) is 3.65. The van der Waals surface area contributed by atoms with Crippen molar-refractivity contribution in [1.82, 2.24) is 9.88 Å². The smallest absolute Gasteiger partial charge is 0.223 e. The Morgan fingerprint density at radius 3 is 2.62 bits per heavy atom. The normalized spacial score (nSPS) is 18.3. The van der Waals surface area contributed by atoms with Crippen molar-refractivity contribution in [3.63, 3.8) is 0 Å². The number of benzene rings is 1. The van der Waals surface area contributed by atoms with E-state index in [9.17, 15) is 19.6 Å². The first-order valence-electron chi connectivity index (χ1n) is 8.69. The van der Waals surface area contributed by atoms with Gasteiger partial charge in [0, 0.05) is 47.1 Å². The first kappa shape index (κ1) is 17.9. The molecule has 1 aliphatic heterocycles. The Labute approximate surface area is 151 Å². The summed E-state index contributed by atoms with van der Waals surface area (Å²) in [6.07, 6.45) is 0.0648. The van der Waals surface area contributed by atoms with Crippen molar-refractivity contribution in [1.29, 1.82) is 5.26 Å². The van der Waals surface area contributed by atoms with Crippen molar-refractivity contribution < 1.29 is 14.4 Å². The molecule has 0 radical (unpaired) electrons. The van der Waals surface area contributed by atoms with E-state index < -0.39 is 23.4 Å². The van der Waals surface area contributed by atoms with Gasteiger partial charge < -0.3 is 9.88 Å². The fraction of sp³-hybridized carbons (Fsp3) is 0.400. The maximum atomic E-state index is 13.0. The Balaban J connectivity index is 1.90. The molecule has 0 unspecified atom stereocenters. The van der Waals surface area contributed by atoms with E-state index in [0.29, 0.717) is 16.6 Å². The van der Waals surface area contributed by atoms with Crippen molar-refractivity contribution in [3.05, 3.63) is 35.5 Å². The van der Waals surface area contributed by atoms with Gasteiger partial charge in [-0.15, -0.1) is 0 Å². The number of rotatable bonds is 5. The van der Waals surface area contributed by atoms with Crippen LogP contribution in [-0.4, -0.2) is 39.9 Å². The molecule has 0 aliphatic carbocycles. The minimum absolute atomic E-state index is 0.00704. The van der Waals surface area contributed by atoms with Crippen LogP contribution < -0.4 is 0 Å². The number of carbonyl (C=O) groups is 3.